The zero-order valence-corrected chi connectivity index (χ0v) is 11.1. The van der Waals surface area contributed by atoms with Gasteiger partial charge in [0.1, 0.15) is 10.7 Å². The molecule has 0 aliphatic heterocycles. The third-order valence-electron chi connectivity index (χ3n) is 2.20. The second-order valence-electron chi connectivity index (χ2n) is 3.59. The van der Waals surface area contributed by atoms with Crippen molar-refractivity contribution in [2.75, 3.05) is 16.6 Å². The van der Waals surface area contributed by atoms with Crippen molar-refractivity contribution in [1.82, 2.24) is 15.0 Å². The molecule has 0 aromatic carbocycles. The molecule has 0 saturated heterocycles. The molecule has 2 heterocycles. The van der Waals surface area contributed by atoms with E-state index in [9.17, 15) is 8.42 Å². The number of rotatable bonds is 5. The van der Waals surface area contributed by atoms with Crippen molar-refractivity contribution in [3.8, 4) is 0 Å². The van der Waals surface area contributed by atoms with Crippen molar-refractivity contribution in [3.05, 3.63) is 36.8 Å². The first-order chi connectivity index (χ1) is 9.12. The average molecular weight is 279 g/mol. The number of hydrogen-bond acceptors (Lipinski definition) is 6. The lowest BCUT2D eigenvalue weighted by Crippen LogP contribution is -2.15. The molecule has 0 saturated carbocycles. The van der Waals surface area contributed by atoms with Gasteiger partial charge in [-0.25, -0.2) is 28.1 Å². The van der Waals surface area contributed by atoms with Crippen LogP contribution in [0.2, 0.25) is 0 Å². The molecule has 0 aliphatic rings. The van der Waals surface area contributed by atoms with Gasteiger partial charge in [0.05, 0.1) is 0 Å². The summed E-state index contributed by atoms with van der Waals surface area (Å²) in [7, 11) is -3.71. The maximum atomic E-state index is 12.0. The summed E-state index contributed by atoms with van der Waals surface area (Å²) in [6.07, 6.45) is 4.19. The third-order valence-corrected chi connectivity index (χ3v) is 3.51. The van der Waals surface area contributed by atoms with E-state index in [2.05, 4.69) is 25.0 Å². The number of aromatic nitrogens is 3. The number of nitrogens with zero attached hydrogens (tertiary/aromatic N) is 3. The number of hydrogen-bond donors (Lipinski definition) is 2. The molecule has 0 aliphatic carbocycles. The van der Waals surface area contributed by atoms with Crippen LogP contribution in [0, 0.1) is 0 Å². The second-order valence-corrected chi connectivity index (χ2v) is 5.27. The van der Waals surface area contributed by atoms with Crippen LogP contribution in [0.1, 0.15) is 6.92 Å². The lowest BCUT2D eigenvalue weighted by molar-refractivity contribution is 0.600. The monoisotopic (exact) mass is 279 g/mol. The van der Waals surface area contributed by atoms with Crippen LogP contribution in [-0.4, -0.2) is 29.9 Å². The highest BCUT2D eigenvalue weighted by Crippen LogP contribution is 2.13. The van der Waals surface area contributed by atoms with E-state index in [4.69, 9.17) is 0 Å². The highest BCUT2D eigenvalue weighted by Gasteiger charge is 2.15. The van der Waals surface area contributed by atoms with Gasteiger partial charge in [-0.3, -0.25) is 0 Å². The number of anilines is 2. The minimum absolute atomic E-state index is 0.0262. The summed E-state index contributed by atoms with van der Waals surface area (Å²) in [6, 6.07) is 4.67. The minimum atomic E-state index is -3.71. The first-order valence-electron chi connectivity index (χ1n) is 5.61. The molecule has 0 radical (unpaired) electrons. The van der Waals surface area contributed by atoms with Crippen LogP contribution >= 0.6 is 0 Å². The quantitative estimate of drug-likeness (QED) is 0.850. The van der Waals surface area contributed by atoms with E-state index >= 15 is 0 Å². The van der Waals surface area contributed by atoms with Crippen molar-refractivity contribution in [2.24, 2.45) is 0 Å². The molecule has 100 valence electrons. The fraction of sp³-hybridized carbons (Fsp3) is 0.182. The number of pyridine rings is 1. The van der Waals surface area contributed by atoms with E-state index in [1.54, 1.807) is 12.1 Å². The van der Waals surface area contributed by atoms with Crippen LogP contribution < -0.4 is 10.0 Å². The molecule has 8 heteroatoms. The van der Waals surface area contributed by atoms with E-state index in [1.807, 2.05) is 6.92 Å². The second kappa shape index (κ2) is 5.61. The molecule has 2 rings (SSSR count). The van der Waals surface area contributed by atoms with Gasteiger partial charge in [-0.1, -0.05) is 0 Å². The van der Waals surface area contributed by atoms with Crippen LogP contribution in [0.25, 0.3) is 0 Å². The highest BCUT2D eigenvalue weighted by molar-refractivity contribution is 7.92. The molecule has 0 fully saturated rings. The Hall–Kier alpha value is -2.22. The molecular formula is C11H13N5O2S. The summed E-state index contributed by atoms with van der Waals surface area (Å²) in [5.74, 6) is 0.649. The van der Waals surface area contributed by atoms with E-state index in [0.717, 1.165) is 6.54 Å². The summed E-state index contributed by atoms with van der Waals surface area (Å²) >= 11 is 0. The fourth-order valence-corrected chi connectivity index (χ4v) is 2.26. The van der Waals surface area contributed by atoms with Crippen molar-refractivity contribution in [3.63, 3.8) is 0 Å². The standard InChI is InChI=1S/C11H13N5O2S/c1-2-12-10-5-4-9(8-15-10)19(17,18)16-11-13-6-3-7-14-11/h3-8H,2H2,1H3,(H,12,15)(H,13,14,16). The van der Waals surface area contributed by atoms with Gasteiger partial charge in [0.25, 0.3) is 10.0 Å². The van der Waals surface area contributed by atoms with Gasteiger partial charge in [0.2, 0.25) is 5.95 Å². The maximum absolute atomic E-state index is 12.0. The fourth-order valence-electron chi connectivity index (χ4n) is 1.36. The number of sulfonamides is 1. The molecule has 0 atom stereocenters. The minimum Gasteiger partial charge on any atom is -0.370 e. The smallest absolute Gasteiger partial charge is 0.265 e. The molecule has 0 bridgehead atoms. The molecule has 2 N–H and O–H groups in total. The lowest BCUT2D eigenvalue weighted by atomic mass is 10.4. The van der Waals surface area contributed by atoms with Gasteiger partial charge in [-0.05, 0) is 25.1 Å². The molecule has 0 unspecified atom stereocenters. The summed E-state index contributed by atoms with van der Waals surface area (Å²) in [4.78, 5) is 11.7. The molecule has 2 aromatic heterocycles. The van der Waals surface area contributed by atoms with Gasteiger partial charge < -0.3 is 5.32 Å². The van der Waals surface area contributed by atoms with Crippen LogP contribution in [0.15, 0.2) is 41.7 Å². The Morgan fingerprint density at radius 1 is 1.16 bits per heavy atom. The Bertz CT molecular complexity index is 628. The lowest BCUT2D eigenvalue weighted by Gasteiger charge is -2.07. The van der Waals surface area contributed by atoms with Crippen molar-refractivity contribution < 1.29 is 8.42 Å². The predicted octanol–water partition coefficient (Wildman–Crippen LogP) is 1.10. The Morgan fingerprint density at radius 2 is 1.89 bits per heavy atom. The highest BCUT2D eigenvalue weighted by atomic mass is 32.2. The van der Waals surface area contributed by atoms with E-state index in [1.165, 1.54) is 24.7 Å². The molecule has 0 spiro atoms. The van der Waals surface area contributed by atoms with E-state index < -0.39 is 10.0 Å². The molecule has 19 heavy (non-hydrogen) atoms. The third kappa shape index (κ3) is 3.38. The van der Waals surface area contributed by atoms with Crippen LogP contribution in [-0.2, 0) is 10.0 Å². The van der Waals surface area contributed by atoms with Crippen molar-refractivity contribution in [2.45, 2.75) is 11.8 Å². The van der Waals surface area contributed by atoms with Crippen molar-refractivity contribution in [1.29, 1.82) is 0 Å². The summed E-state index contributed by atoms with van der Waals surface area (Å²) < 4.78 is 26.3. The summed E-state index contributed by atoms with van der Waals surface area (Å²) in [5, 5.41) is 2.98. The van der Waals surface area contributed by atoms with Crippen LogP contribution in [0.4, 0.5) is 11.8 Å². The van der Waals surface area contributed by atoms with E-state index in [0.29, 0.717) is 5.82 Å². The predicted molar refractivity (Wildman–Crippen MR) is 71.2 cm³/mol. The average Bonchev–Trinajstić information content (AvgIpc) is 2.40. The van der Waals surface area contributed by atoms with Crippen molar-refractivity contribution >= 4 is 21.8 Å². The largest absolute Gasteiger partial charge is 0.370 e. The van der Waals surface area contributed by atoms with Gasteiger partial charge in [0.15, 0.2) is 0 Å². The topological polar surface area (TPSA) is 96.9 Å². The molecule has 7 nitrogen and oxygen atoms in total. The maximum Gasteiger partial charge on any atom is 0.265 e. The van der Waals surface area contributed by atoms with Crippen LogP contribution in [0.3, 0.4) is 0 Å². The normalized spacial score (nSPS) is 11.0. The van der Waals surface area contributed by atoms with Gasteiger partial charge in [0, 0.05) is 25.1 Å². The molecule has 0 amide bonds. The Balaban J connectivity index is 2.20. The Kier molecular flexibility index (Phi) is 3.91. The molecular weight excluding hydrogens is 266 g/mol. The summed E-state index contributed by atoms with van der Waals surface area (Å²) in [6.45, 7) is 2.65. The Morgan fingerprint density at radius 3 is 2.47 bits per heavy atom. The van der Waals surface area contributed by atoms with Gasteiger partial charge in [-0.2, -0.15) is 0 Å². The first kappa shape index (κ1) is 13.2. The molecule has 2 aromatic rings. The zero-order chi connectivity index (χ0) is 13.7. The Labute approximate surface area is 111 Å². The first-order valence-corrected chi connectivity index (χ1v) is 7.10. The number of nitrogens with one attached hydrogen (secondary N) is 2. The van der Waals surface area contributed by atoms with E-state index in [-0.39, 0.29) is 10.8 Å². The summed E-state index contributed by atoms with van der Waals surface area (Å²) in [5.41, 5.74) is 0. The SMILES string of the molecule is CCNc1ccc(S(=O)(=O)Nc2ncccn2)cn1. The van der Waals surface area contributed by atoms with Gasteiger partial charge >= 0.3 is 0 Å². The van der Waals surface area contributed by atoms with Gasteiger partial charge in [-0.15, -0.1) is 0 Å². The van der Waals surface area contributed by atoms with Crippen LogP contribution in [0.5, 0.6) is 0 Å². The zero-order valence-electron chi connectivity index (χ0n) is 10.2.